The number of halogens is 2. The summed E-state index contributed by atoms with van der Waals surface area (Å²) in [6.45, 7) is -3.63. The van der Waals surface area contributed by atoms with E-state index in [-0.39, 0.29) is 30.9 Å². The Morgan fingerprint density at radius 1 is 1.05 bits per heavy atom. The van der Waals surface area contributed by atoms with E-state index in [2.05, 4.69) is 15.4 Å². The number of nitrogens with one attached hydrogen (secondary N) is 3. The molecule has 0 aliphatic carbocycles. The number of amides is 3. The number of alkyl halides is 2. The zero-order valence-corrected chi connectivity index (χ0v) is 22.0. The van der Waals surface area contributed by atoms with Gasteiger partial charge in [0.05, 0.1) is 19.2 Å². The van der Waals surface area contributed by atoms with Crippen molar-refractivity contribution in [2.24, 2.45) is 5.73 Å². The normalized spacial score (nSPS) is 16.5. The Bertz CT molecular complexity index is 1350. The molecule has 0 spiro atoms. The van der Waals surface area contributed by atoms with E-state index in [1.165, 1.54) is 11.3 Å². The van der Waals surface area contributed by atoms with E-state index in [0.717, 1.165) is 9.78 Å². The molecule has 1 saturated heterocycles. The number of hydrogen-bond acceptors (Lipinski definition) is 7. The lowest BCUT2D eigenvalue weighted by Crippen LogP contribution is -2.48. The molecule has 3 aromatic rings. The zero-order valence-electron chi connectivity index (χ0n) is 21.1. The van der Waals surface area contributed by atoms with Gasteiger partial charge in [-0.2, -0.15) is 8.78 Å². The lowest BCUT2D eigenvalue weighted by atomic mass is 10.1. The van der Waals surface area contributed by atoms with Gasteiger partial charge in [0, 0.05) is 34.3 Å². The van der Waals surface area contributed by atoms with Crippen LogP contribution in [0.2, 0.25) is 0 Å². The van der Waals surface area contributed by atoms with Crippen molar-refractivity contribution in [3.8, 4) is 11.5 Å². The van der Waals surface area contributed by atoms with E-state index >= 15 is 0 Å². The predicted octanol–water partition coefficient (Wildman–Crippen LogP) is 3.08. The monoisotopic (exact) mass is 571 g/mol. The summed E-state index contributed by atoms with van der Waals surface area (Å²) in [6.07, 6.45) is -1.17. The first-order valence-corrected chi connectivity index (χ1v) is 13.1. The average molecular weight is 572 g/mol. The number of nitrogens with zero attached hydrogens (tertiary/aromatic N) is 1. The van der Waals surface area contributed by atoms with E-state index in [1.807, 2.05) is 18.2 Å². The number of ether oxygens (including phenoxy) is 2. The van der Waals surface area contributed by atoms with Crippen LogP contribution in [0.4, 0.5) is 8.78 Å². The van der Waals surface area contributed by atoms with Gasteiger partial charge in [-0.05, 0) is 42.5 Å². The summed E-state index contributed by atoms with van der Waals surface area (Å²) in [5, 5.41) is 14.3. The zero-order chi connectivity index (χ0) is 28.6. The van der Waals surface area contributed by atoms with E-state index < -0.39 is 43.0 Å². The first kappa shape index (κ1) is 28.6. The van der Waals surface area contributed by atoms with Gasteiger partial charge in [-0.25, -0.2) is 0 Å². The number of amidine groups is 1. The highest BCUT2D eigenvalue weighted by Crippen LogP contribution is 2.24. The summed E-state index contributed by atoms with van der Waals surface area (Å²) in [6, 6.07) is 16.0. The summed E-state index contributed by atoms with van der Waals surface area (Å²) in [7, 11) is 0. The first-order valence-electron chi connectivity index (χ1n) is 12.2. The third kappa shape index (κ3) is 7.61. The number of hydrogen-bond donors (Lipinski definition) is 4. The fourth-order valence-corrected chi connectivity index (χ4v) is 4.95. The minimum Gasteiger partial charge on any atom is -0.457 e. The van der Waals surface area contributed by atoms with Crippen molar-refractivity contribution >= 4 is 34.9 Å². The minimum absolute atomic E-state index is 0.105. The maximum Gasteiger partial charge on any atom is 0.345 e. The van der Waals surface area contributed by atoms with Crippen LogP contribution in [0.5, 0.6) is 11.5 Å². The minimum atomic E-state index is -3.06. The Balaban J connectivity index is 1.34. The van der Waals surface area contributed by atoms with Crippen molar-refractivity contribution in [3.63, 3.8) is 0 Å². The summed E-state index contributed by atoms with van der Waals surface area (Å²) >= 11 is 1.29. The van der Waals surface area contributed by atoms with Crippen LogP contribution < -0.4 is 21.1 Å². The molecule has 2 unspecified atom stereocenters. The van der Waals surface area contributed by atoms with Crippen molar-refractivity contribution in [2.45, 2.75) is 31.7 Å². The van der Waals surface area contributed by atoms with Gasteiger partial charge in [0.15, 0.2) is 0 Å². The van der Waals surface area contributed by atoms with Gasteiger partial charge >= 0.3 is 6.61 Å². The number of nitrogens with two attached hydrogens (primary N) is 1. The molecule has 1 fully saturated rings. The maximum absolute atomic E-state index is 13.0. The maximum atomic E-state index is 13.0. The van der Waals surface area contributed by atoms with Crippen LogP contribution in [0.3, 0.4) is 0 Å². The smallest absolute Gasteiger partial charge is 0.345 e. The molecule has 2 aromatic carbocycles. The Kier molecular flexibility index (Phi) is 9.40. The van der Waals surface area contributed by atoms with Crippen LogP contribution in [-0.2, 0) is 20.9 Å². The van der Waals surface area contributed by atoms with Crippen molar-refractivity contribution in [3.05, 3.63) is 82.0 Å². The van der Waals surface area contributed by atoms with E-state index in [4.69, 9.17) is 15.9 Å². The van der Waals surface area contributed by atoms with Gasteiger partial charge in [-0.15, -0.1) is 11.3 Å². The highest BCUT2D eigenvalue weighted by atomic mass is 32.1. The number of carbonyl (C=O) groups is 3. The summed E-state index contributed by atoms with van der Waals surface area (Å²) in [4.78, 5) is 40.4. The third-order valence-electron chi connectivity index (χ3n) is 6.08. The molecule has 0 bridgehead atoms. The van der Waals surface area contributed by atoms with E-state index in [0.29, 0.717) is 17.1 Å². The first-order chi connectivity index (χ1) is 19.2. The second-order valence-electron chi connectivity index (χ2n) is 8.87. The van der Waals surface area contributed by atoms with Gasteiger partial charge < -0.3 is 30.7 Å². The van der Waals surface area contributed by atoms with Gasteiger partial charge in [0.25, 0.3) is 5.91 Å². The molecule has 5 N–H and O–H groups in total. The quantitative estimate of drug-likeness (QED) is 0.206. The number of thiophene rings is 1. The molecular weight excluding hydrogens is 544 g/mol. The number of likely N-dealkylation sites (tertiary alicyclic amines) is 1. The lowest BCUT2D eigenvalue weighted by Gasteiger charge is -2.23. The molecule has 10 nitrogen and oxygen atoms in total. The molecular formula is C27H27F2N5O5S. The fourth-order valence-electron chi connectivity index (χ4n) is 4.13. The number of carbonyl (C=O) groups excluding carboxylic acids is 3. The highest BCUT2D eigenvalue weighted by molar-refractivity contribution is 7.10. The molecule has 0 saturated carbocycles. The molecule has 1 aliphatic heterocycles. The molecule has 0 radical (unpaired) electrons. The summed E-state index contributed by atoms with van der Waals surface area (Å²) in [5.74, 6) is -0.638. The Labute approximate surface area is 232 Å². The second-order valence-corrected chi connectivity index (χ2v) is 9.87. The van der Waals surface area contributed by atoms with E-state index in [1.54, 1.807) is 47.8 Å². The number of rotatable bonds is 11. The topological polar surface area (TPSA) is 147 Å². The fraction of sp³-hybridized carbons (Fsp3) is 0.259. The van der Waals surface area contributed by atoms with Crippen LogP contribution >= 0.6 is 11.3 Å². The van der Waals surface area contributed by atoms with Gasteiger partial charge in [0.2, 0.25) is 11.8 Å². The number of benzene rings is 2. The third-order valence-corrected chi connectivity index (χ3v) is 7.01. The Morgan fingerprint density at radius 3 is 2.40 bits per heavy atom. The van der Waals surface area contributed by atoms with Crippen LogP contribution in [0.15, 0.2) is 66.0 Å². The molecule has 4 rings (SSSR count). The van der Waals surface area contributed by atoms with Crippen LogP contribution in [0, 0.1) is 5.41 Å². The lowest BCUT2D eigenvalue weighted by molar-refractivity contribution is -0.160. The molecule has 210 valence electrons. The van der Waals surface area contributed by atoms with Gasteiger partial charge in [-0.3, -0.25) is 19.8 Å². The molecule has 13 heteroatoms. The second kappa shape index (κ2) is 13.1. The van der Waals surface area contributed by atoms with Crippen molar-refractivity contribution < 1.29 is 32.6 Å². The molecule has 40 heavy (non-hydrogen) atoms. The van der Waals surface area contributed by atoms with Crippen molar-refractivity contribution in [1.29, 1.82) is 5.41 Å². The average Bonchev–Trinajstić information content (AvgIpc) is 3.59. The van der Waals surface area contributed by atoms with E-state index in [9.17, 15) is 23.2 Å². The largest absolute Gasteiger partial charge is 0.457 e. The van der Waals surface area contributed by atoms with Crippen LogP contribution in [0.1, 0.15) is 27.2 Å². The van der Waals surface area contributed by atoms with Gasteiger partial charge in [0.1, 0.15) is 23.4 Å². The molecule has 1 aliphatic rings. The van der Waals surface area contributed by atoms with Crippen molar-refractivity contribution in [1.82, 2.24) is 15.5 Å². The molecule has 2 heterocycles. The van der Waals surface area contributed by atoms with Crippen LogP contribution in [-0.4, -0.2) is 60.3 Å². The molecule has 2 atom stereocenters. The highest BCUT2D eigenvalue weighted by Gasteiger charge is 2.41. The van der Waals surface area contributed by atoms with Gasteiger partial charge in [-0.1, -0.05) is 18.2 Å². The standard InChI is InChI=1S/C27H27F2N5O5S/c28-27(29)39-20-11-22(26(37)32-12-21-10-17(15-40-21)24(30)31)34(14-20)23(35)13-33-25(36)16-6-8-19(9-7-16)38-18-4-2-1-3-5-18/h1-10,15,20,22,27H,11-14H2,(H3,30,31)(H,32,37)(H,33,36). The summed E-state index contributed by atoms with van der Waals surface area (Å²) in [5.41, 5.74) is 6.26. The molecule has 3 amide bonds. The Hall–Kier alpha value is -4.36. The van der Waals surface area contributed by atoms with Crippen molar-refractivity contribution in [2.75, 3.05) is 13.1 Å². The Morgan fingerprint density at radius 2 is 1.75 bits per heavy atom. The SMILES string of the molecule is N=C(N)c1csc(CNC(=O)C2CC(OC(F)F)CN2C(=O)CNC(=O)c2ccc(Oc3ccccc3)cc2)c1. The summed E-state index contributed by atoms with van der Waals surface area (Å²) < 4.78 is 36.0. The number of nitrogen functional groups attached to an aromatic ring is 1. The molecule has 1 aromatic heterocycles. The number of para-hydroxylation sites is 1. The predicted molar refractivity (Wildman–Crippen MR) is 143 cm³/mol. The van der Waals surface area contributed by atoms with Crippen LogP contribution in [0.25, 0.3) is 0 Å².